The number of esters is 2. The third kappa shape index (κ3) is 9.90. The fraction of sp³-hybridized carbons (Fsp3) is 0.625. The SMILES string of the molecule is CCOC(=O)C(CCc1ccccc1)NC(C)C(=O)N1CCCC1C(=O)OCCCCON(O)O. The molecule has 1 aromatic carbocycles. The Labute approximate surface area is 205 Å². The molecule has 1 aliphatic heterocycles. The second-order valence-electron chi connectivity index (χ2n) is 8.37. The number of hydrogen-bond acceptors (Lipinski definition) is 10. The minimum absolute atomic E-state index is 0.0632. The Hall–Kier alpha value is -2.57. The Morgan fingerprint density at radius 1 is 1.14 bits per heavy atom. The van der Waals surface area contributed by atoms with Crippen LogP contribution in [0.15, 0.2) is 30.3 Å². The summed E-state index contributed by atoms with van der Waals surface area (Å²) in [7, 11) is 0. The fourth-order valence-electron chi connectivity index (χ4n) is 3.98. The molecule has 0 bridgehead atoms. The zero-order chi connectivity index (χ0) is 25.6. The van der Waals surface area contributed by atoms with Crippen LogP contribution in [-0.4, -0.2) is 83.0 Å². The number of aryl methyl sites for hydroxylation is 1. The Morgan fingerprint density at radius 3 is 2.54 bits per heavy atom. The molecular formula is C24H37N3O8. The average molecular weight is 496 g/mol. The van der Waals surface area contributed by atoms with Gasteiger partial charge in [-0.25, -0.2) is 4.79 Å². The van der Waals surface area contributed by atoms with Gasteiger partial charge in [0.15, 0.2) is 0 Å². The number of hydrogen-bond donors (Lipinski definition) is 3. The second kappa shape index (κ2) is 15.4. The van der Waals surface area contributed by atoms with Crippen LogP contribution in [0.25, 0.3) is 0 Å². The molecular weight excluding hydrogens is 458 g/mol. The first-order chi connectivity index (χ1) is 16.8. The number of likely N-dealkylation sites (tertiary alicyclic amines) is 1. The molecule has 1 amide bonds. The molecule has 11 heteroatoms. The molecule has 1 fully saturated rings. The minimum Gasteiger partial charge on any atom is -0.465 e. The van der Waals surface area contributed by atoms with Crippen LogP contribution in [0.2, 0.25) is 0 Å². The molecule has 0 aliphatic carbocycles. The number of carbonyl (C=O) groups excluding carboxylic acids is 3. The van der Waals surface area contributed by atoms with Gasteiger partial charge in [-0.1, -0.05) is 30.3 Å². The first-order valence-electron chi connectivity index (χ1n) is 12.1. The van der Waals surface area contributed by atoms with Crippen LogP contribution in [0.3, 0.4) is 0 Å². The highest BCUT2D eigenvalue weighted by Gasteiger charge is 2.38. The lowest BCUT2D eigenvalue weighted by molar-refractivity contribution is -0.492. The largest absolute Gasteiger partial charge is 0.465 e. The normalized spacial score (nSPS) is 17.3. The molecule has 35 heavy (non-hydrogen) atoms. The molecule has 0 radical (unpaired) electrons. The molecule has 3 unspecified atom stereocenters. The summed E-state index contributed by atoms with van der Waals surface area (Å²) in [6.45, 7) is 4.31. The van der Waals surface area contributed by atoms with Crippen molar-refractivity contribution in [2.75, 3.05) is 26.4 Å². The maximum absolute atomic E-state index is 13.2. The van der Waals surface area contributed by atoms with Gasteiger partial charge in [-0.15, -0.1) is 0 Å². The van der Waals surface area contributed by atoms with Crippen LogP contribution in [-0.2, 0) is 35.1 Å². The van der Waals surface area contributed by atoms with E-state index in [1.165, 1.54) is 4.90 Å². The van der Waals surface area contributed by atoms with Gasteiger partial charge in [0.2, 0.25) is 5.91 Å². The number of rotatable bonds is 15. The third-order valence-corrected chi connectivity index (χ3v) is 5.75. The van der Waals surface area contributed by atoms with E-state index in [0.29, 0.717) is 45.1 Å². The maximum atomic E-state index is 13.2. The standard InChI is InChI=1S/C24H37N3O8/c1-3-33-23(29)20(14-13-19-10-5-4-6-11-19)25-18(2)22(28)26-15-9-12-21(26)24(30)34-16-7-8-17-35-27(31)32/h4-6,10-11,18,20-21,25,31-32H,3,7-9,12-17H2,1-2H3. The average Bonchev–Trinajstić information content (AvgIpc) is 3.33. The molecule has 196 valence electrons. The predicted molar refractivity (Wildman–Crippen MR) is 124 cm³/mol. The summed E-state index contributed by atoms with van der Waals surface area (Å²) in [4.78, 5) is 44.2. The van der Waals surface area contributed by atoms with Gasteiger partial charge in [0, 0.05) is 6.54 Å². The van der Waals surface area contributed by atoms with Crippen LogP contribution in [0.1, 0.15) is 51.5 Å². The lowest BCUT2D eigenvalue weighted by atomic mass is 10.0. The lowest BCUT2D eigenvalue weighted by Crippen LogP contribution is -2.53. The first kappa shape index (κ1) is 28.7. The van der Waals surface area contributed by atoms with E-state index in [2.05, 4.69) is 10.2 Å². The molecule has 0 aromatic heterocycles. The molecule has 1 aromatic rings. The van der Waals surface area contributed by atoms with Gasteiger partial charge in [-0.3, -0.25) is 30.2 Å². The van der Waals surface area contributed by atoms with Crippen LogP contribution >= 0.6 is 0 Å². The van der Waals surface area contributed by atoms with E-state index in [0.717, 1.165) is 5.56 Å². The highest BCUT2D eigenvalue weighted by Crippen LogP contribution is 2.20. The van der Waals surface area contributed by atoms with E-state index in [9.17, 15) is 14.4 Å². The molecule has 2 rings (SSSR count). The predicted octanol–water partition coefficient (Wildman–Crippen LogP) is 1.86. The number of unbranched alkanes of at least 4 members (excludes halogenated alkanes) is 1. The Balaban J connectivity index is 1.88. The monoisotopic (exact) mass is 495 g/mol. The quantitative estimate of drug-likeness (QED) is 0.188. The van der Waals surface area contributed by atoms with Gasteiger partial charge in [0.05, 0.1) is 31.3 Å². The molecule has 1 saturated heterocycles. The number of benzene rings is 1. The van der Waals surface area contributed by atoms with E-state index in [-0.39, 0.29) is 31.1 Å². The Bertz CT molecular complexity index is 792. The molecule has 1 heterocycles. The summed E-state index contributed by atoms with van der Waals surface area (Å²) in [6, 6.07) is 7.76. The molecule has 0 spiro atoms. The van der Waals surface area contributed by atoms with Crippen molar-refractivity contribution in [2.45, 2.75) is 70.5 Å². The van der Waals surface area contributed by atoms with Crippen molar-refractivity contribution in [3.63, 3.8) is 0 Å². The van der Waals surface area contributed by atoms with Crippen molar-refractivity contribution < 1.29 is 39.1 Å². The molecule has 1 aliphatic rings. The van der Waals surface area contributed by atoms with Crippen LogP contribution in [0, 0.1) is 0 Å². The van der Waals surface area contributed by atoms with Crippen molar-refractivity contribution in [3.05, 3.63) is 35.9 Å². The zero-order valence-corrected chi connectivity index (χ0v) is 20.4. The van der Waals surface area contributed by atoms with Gasteiger partial charge in [-0.2, -0.15) is 0 Å². The van der Waals surface area contributed by atoms with Crippen molar-refractivity contribution in [3.8, 4) is 0 Å². The number of nitrogens with zero attached hydrogens (tertiary/aromatic N) is 2. The van der Waals surface area contributed by atoms with Crippen molar-refractivity contribution in [1.82, 2.24) is 15.6 Å². The number of carbonyl (C=O) groups is 3. The maximum Gasteiger partial charge on any atom is 0.328 e. The molecule has 3 atom stereocenters. The summed E-state index contributed by atoms with van der Waals surface area (Å²) >= 11 is 0. The molecule has 0 saturated carbocycles. The van der Waals surface area contributed by atoms with Crippen molar-refractivity contribution >= 4 is 17.8 Å². The number of ether oxygens (including phenoxy) is 2. The molecule has 11 nitrogen and oxygen atoms in total. The zero-order valence-electron chi connectivity index (χ0n) is 20.4. The van der Waals surface area contributed by atoms with Crippen LogP contribution < -0.4 is 5.32 Å². The lowest BCUT2D eigenvalue weighted by Gasteiger charge is -2.28. The minimum atomic E-state index is -0.689. The topological polar surface area (TPSA) is 138 Å². The van der Waals surface area contributed by atoms with Crippen molar-refractivity contribution in [2.24, 2.45) is 0 Å². The van der Waals surface area contributed by atoms with Crippen molar-refractivity contribution in [1.29, 1.82) is 0 Å². The fourth-order valence-corrected chi connectivity index (χ4v) is 3.98. The van der Waals surface area contributed by atoms with E-state index in [1.807, 2.05) is 30.3 Å². The third-order valence-electron chi connectivity index (χ3n) is 5.75. The van der Waals surface area contributed by atoms with E-state index >= 15 is 0 Å². The number of amides is 1. The van der Waals surface area contributed by atoms with Crippen LogP contribution in [0.4, 0.5) is 0 Å². The highest BCUT2D eigenvalue weighted by atomic mass is 17.1. The molecule has 3 N–H and O–H groups in total. The Kier molecular flexibility index (Phi) is 12.6. The summed E-state index contributed by atoms with van der Waals surface area (Å²) in [6.07, 6.45) is 3.25. The second-order valence-corrected chi connectivity index (χ2v) is 8.37. The summed E-state index contributed by atoms with van der Waals surface area (Å²) in [5.74, 6) is -1.14. The number of nitrogens with one attached hydrogen (secondary N) is 1. The van der Waals surface area contributed by atoms with E-state index in [4.69, 9.17) is 19.9 Å². The first-order valence-corrected chi connectivity index (χ1v) is 12.1. The van der Waals surface area contributed by atoms with E-state index in [1.54, 1.807) is 13.8 Å². The summed E-state index contributed by atoms with van der Waals surface area (Å²) < 4.78 is 10.5. The van der Waals surface area contributed by atoms with E-state index < -0.39 is 30.1 Å². The van der Waals surface area contributed by atoms with Gasteiger partial charge >= 0.3 is 11.9 Å². The van der Waals surface area contributed by atoms with Gasteiger partial charge in [0.25, 0.3) is 0 Å². The highest BCUT2D eigenvalue weighted by molar-refractivity contribution is 5.88. The summed E-state index contributed by atoms with van der Waals surface area (Å²) in [5, 5.41) is 19.7. The van der Waals surface area contributed by atoms with Gasteiger partial charge in [-0.05, 0) is 57.9 Å². The smallest absolute Gasteiger partial charge is 0.328 e. The van der Waals surface area contributed by atoms with Gasteiger partial charge < -0.3 is 14.4 Å². The Morgan fingerprint density at radius 2 is 1.86 bits per heavy atom. The summed E-state index contributed by atoms with van der Waals surface area (Å²) in [5.41, 5.74) is 1.08. The van der Waals surface area contributed by atoms with Gasteiger partial charge in [0.1, 0.15) is 12.1 Å². The van der Waals surface area contributed by atoms with Crippen LogP contribution in [0.5, 0.6) is 0 Å².